The first-order valence-corrected chi connectivity index (χ1v) is 15.1. The predicted molar refractivity (Wildman–Crippen MR) is 173 cm³/mol. The zero-order valence-electron chi connectivity index (χ0n) is 25.1. The van der Waals surface area contributed by atoms with Gasteiger partial charge in [-0.3, -0.25) is 4.57 Å². The second-order valence-corrected chi connectivity index (χ2v) is 10.6. The number of hydrogen-bond acceptors (Lipinski definition) is 11. The largest absolute Gasteiger partial charge is 0.368 e. The van der Waals surface area contributed by atoms with Crippen molar-refractivity contribution in [2.45, 2.75) is 38.3 Å². The summed E-state index contributed by atoms with van der Waals surface area (Å²) in [6.07, 6.45) is 8.06. The van der Waals surface area contributed by atoms with E-state index in [0.717, 1.165) is 50.8 Å². The van der Waals surface area contributed by atoms with E-state index < -0.39 is 0 Å². The Hall–Kier alpha value is -5.92. The van der Waals surface area contributed by atoms with Crippen LogP contribution < -0.4 is 10.6 Å². The third-order valence-electron chi connectivity index (χ3n) is 7.47. The van der Waals surface area contributed by atoms with Crippen molar-refractivity contribution in [3.8, 4) is 12.1 Å². The van der Waals surface area contributed by atoms with Crippen molar-refractivity contribution in [3.05, 3.63) is 96.1 Å². The van der Waals surface area contributed by atoms with Crippen LogP contribution in [0.1, 0.15) is 48.3 Å². The standard InChI is InChI=1S/C19H20N6O.C14H12N6/c20-12-15-23-18(21-10-9-14-6-2-1-3-7-14)17-19(24-15)25(13-22-17)16-8-4-5-11-26-16;15-8-11-19-13(12-14(20-11)18-9-17-12)16-7-6-10-4-2-1-3-5-10/h1-3,6-7,13,16H,4-5,8-11H2,(H,21,23,24);1-5,9H,6-7H2,(H2,16,17,18,19,20). The molecule has 0 saturated carbocycles. The molecule has 3 N–H and O–H groups in total. The van der Waals surface area contributed by atoms with Crippen molar-refractivity contribution >= 4 is 34.0 Å². The van der Waals surface area contributed by atoms with E-state index in [1.165, 1.54) is 11.1 Å². The average Bonchev–Trinajstić information content (AvgIpc) is 3.77. The smallest absolute Gasteiger partial charge is 0.236 e. The molecule has 2 aromatic carbocycles. The van der Waals surface area contributed by atoms with E-state index in [1.807, 2.05) is 53.1 Å². The molecule has 1 fully saturated rings. The molecule has 0 radical (unpaired) electrons. The fourth-order valence-corrected chi connectivity index (χ4v) is 5.19. The average molecular weight is 613 g/mol. The summed E-state index contributed by atoms with van der Waals surface area (Å²) >= 11 is 0. The number of hydrogen-bond donors (Lipinski definition) is 3. The second-order valence-electron chi connectivity index (χ2n) is 10.6. The summed E-state index contributed by atoms with van der Waals surface area (Å²) in [5.74, 6) is 1.46. The van der Waals surface area contributed by atoms with Gasteiger partial charge >= 0.3 is 0 Å². The number of aromatic nitrogens is 8. The predicted octanol–water partition coefficient (Wildman–Crippen LogP) is 4.93. The maximum Gasteiger partial charge on any atom is 0.236 e. The number of fused-ring (bicyclic) bond motifs is 2. The van der Waals surface area contributed by atoms with Crippen molar-refractivity contribution in [2.75, 3.05) is 30.3 Å². The molecule has 7 rings (SSSR count). The molecule has 1 aliphatic rings. The van der Waals surface area contributed by atoms with Crippen LogP contribution in [0.25, 0.3) is 22.3 Å². The van der Waals surface area contributed by atoms with E-state index in [2.05, 4.69) is 69.8 Å². The molecule has 230 valence electrons. The summed E-state index contributed by atoms with van der Waals surface area (Å²) in [4.78, 5) is 28.4. The number of nitrogens with zero attached hydrogens (tertiary/aromatic N) is 9. The maximum absolute atomic E-state index is 9.30. The van der Waals surface area contributed by atoms with Crippen LogP contribution in [0.3, 0.4) is 0 Å². The number of H-pyrrole nitrogens is 1. The molecule has 1 unspecified atom stereocenters. The van der Waals surface area contributed by atoms with E-state index in [-0.39, 0.29) is 17.9 Å². The van der Waals surface area contributed by atoms with Crippen molar-refractivity contribution in [1.82, 2.24) is 39.5 Å². The first-order valence-electron chi connectivity index (χ1n) is 15.1. The van der Waals surface area contributed by atoms with Gasteiger partial charge in [0.1, 0.15) is 23.9 Å². The highest BCUT2D eigenvalue weighted by Gasteiger charge is 2.21. The molecule has 1 aliphatic heterocycles. The summed E-state index contributed by atoms with van der Waals surface area (Å²) in [5.41, 5.74) is 5.02. The van der Waals surface area contributed by atoms with Gasteiger partial charge in [-0.2, -0.15) is 30.5 Å². The Morgan fingerprint density at radius 1 is 0.804 bits per heavy atom. The number of nitrogens with one attached hydrogen (secondary N) is 3. The zero-order chi connectivity index (χ0) is 31.6. The van der Waals surface area contributed by atoms with Gasteiger partial charge in [0.05, 0.1) is 12.7 Å². The van der Waals surface area contributed by atoms with Gasteiger partial charge in [0.2, 0.25) is 11.6 Å². The van der Waals surface area contributed by atoms with Crippen molar-refractivity contribution in [2.24, 2.45) is 0 Å². The second kappa shape index (κ2) is 14.7. The van der Waals surface area contributed by atoms with E-state index >= 15 is 0 Å². The Bertz CT molecular complexity index is 1970. The zero-order valence-corrected chi connectivity index (χ0v) is 25.1. The van der Waals surface area contributed by atoms with Crippen LogP contribution in [0.2, 0.25) is 0 Å². The minimum Gasteiger partial charge on any atom is -0.368 e. The Balaban J connectivity index is 0.000000167. The Kier molecular flexibility index (Phi) is 9.63. The molecular formula is C33H32N12O. The Morgan fingerprint density at radius 2 is 1.46 bits per heavy atom. The molecule has 46 heavy (non-hydrogen) atoms. The molecule has 4 aromatic heterocycles. The van der Waals surface area contributed by atoms with Crippen LogP contribution in [-0.4, -0.2) is 59.2 Å². The van der Waals surface area contributed by atoms with E-state index in [1.54, 1.807) is 12.7 Å². The summed E-state index contributed by atoms with van der Waals surface area (Å²) in [6, 6.07) is 24.4. The first kappa shape index (κ1) is 30.1. The quantitative estimate of drug-likeness (QED) is 0.201. The highest BCUT2D eigenvalue weighted by atomic mass is 16.5. The number of rotatable bonds is 9. The van der Waals surface area contributed by atoms with Crippen LogP contribution in [0.15, 0.2) is 73.3 Å². The maximum atomic E-state index is 9.30. The molecule has 0 amide bonds. The summed E-state index contributed by atoms with van der Waals surface area (Å²) in [6.45, 7) is 2.16. The number of nitriles is 2. The van der Waals surface area contributed by atoms with Crippen LogP contribution >= 0.6 is 0 Å². The van der Waals surface area contributed by atoms with Gasteiger partial charge in [0.15, 0.2) is 28.4 Å². The number of aromatic amines is 1. The number of anilines is 2. The molecule has 0 bridgehead atoms. The fraction of sp³-hybridized carbons (Fsp3) is 0.273. The lowest BCUT2D eigenvalue weighted by Gasteiger charge is -2.23. The van der Waals surface area contributed by atoms with E-state index in [9.17, 15) is 5.26 Å². The van der Waals surface area contributed by atoms with E-state index in [4.69, 9.17) is 10.00 Å². The minimum absolute atomic E-state index is 0.0765. The van der Waals surface area contributed by atoms with Gasteiger partial charge in [0.25, 0.3) is 0 Å². The molecule has 13 heteroatoms. The monoisotopic (exact) mass is 612 g/mol. The van der Waals surface area contributed by atoms with Crippen LogP contribution in [0.5, 0.6) is 0 Å². The highest BCUT2D eigenvalue weighted by molar-refractivity contribution is 5.84. The number of ether oxygens (including phenoxy) is 1. The van der Waals surface area contributed by atoms with Gasteiger partial charge in [-0.05, 0) is 43.2 Å². The fourth-order valence-electron chi connectivity index (χ4n) is 5.19. The van der Waals surface area contributed by atoms with Gasteiger partial charge < -0.3 is 20.4 Å². The van der Waals surface area contributed by atoms with E-state index in [0.29, 0.717) is 35.0 Å². The minimum atomic E-state index is -0.0765. The highest BCUT2D eigenvalue weighted by Crippen LogP contribution is 2.28. The molecular weight excluding hydrogens is 580 g/mol. The van der Waals surface area contributed by atoms with Gasteiger partial charge in [-0.15, -0.1) is 0 Å². The lowest BCUT2D eigenvalue weighted by molar-refractivity contribution is -0.0298. The van der Waals surface area contributed by atoms with Crippen LogP contribution in [-0.2, 0) is 17.6 Å². The molecule has 5 heterocycles. The normalized spacial score (nSPS) is 14.2. The van der Waals surface area contributed by atoms with Crippen molar-refractivity contribution < 1.29 is 4.74 Å². The molecule has 0 aliphatic carbocycles. The lowest BCUT2D eigenvalue weighted by Crippen LogP contribution is -2.18. The molecule has 1 atom stereocenters. The molecule has 1 saturated heterocycles. The van der Waals surface area contributed by atoms with Gasteiger partial charge in [-0.1, -0.05) is 60.7 Å². The molecule has 6 aromatic rings. The summed E-state index contributed by atoms with van der Waals surface area (Å²) in [7, 11) is 0. The molecule has 0 spiro atoms. The van der Waals surface area contributed by atoms with Crippen LogP contribution in [0.4, 0.5) is 11.6 Å². The number of benzene rings is 2. The van der Waals surface area contributed by atoms with Gasteiger partial charge in [-0.25, -0.2) is 9.97 Å². The first-order chi connectivity index (χ1) is 22.7. The third kappa shape index (κ3) is 7.23. The number of imidazole rings is 2. The van der Waals surface area contributed by atoms with Crippen LogP contribution in [0, 0.1) is 22.7 Å². The lowest BCUT2D eigenvalue weighted by atomic mass is 10.1. The topological polar surface area (TPSA) is 179 Å². The molecule has 13 nitrogen and oxygen atoms in total. The van der Waals surface area contributed by atoms with Gasteiger partial charge in [0, 0.05) is 19.7 Å². The third-order valence-corrected chi connectivity index (χ3v) is 7.47. The van der Waals surface area contributed by atoms with Crippen molar-refractivity contribution in [3.63, 3.8) is 0 Å². The van der Waals surface area contributed by atoms with Crippen molar-refractivity contribution in [1.29, 1.82) is 10.5 Å². The Labute approximate surface area is 265 Å². The summed E-state index contributed by atoms with van der Waals surface area (Å²) in [5, 5.41) is 24.8. The summed E-state index contributed by atoms with van der Waals surface area (Å²) < 4.78 is 7.76. The Morgan fingerprint density at radius 3 is 2.11 bits per heavy atom. The SMILES string of the molecule is N#Cc1nc(NCCc2ccccc2)c2[nH]cnc2n1.N#Cc1nc(NCCc2ccccc2)c2ncn(C3CCCCO3)c2n1.